The first kappa shape index (κ1) is 25.4. The van der Waals surface area contributed by atoms with Crippen molar-refractivity contribution in [1.29, 1.82) is 0 Å². The zero-order valence-corrected chi connectivity index (χ0v) is 21.8. The monoisotopic (exact) mass is 508 g/mol. The third-order valence-corrected chi connectivity index (χ3v) is 8.24. The van der Waals surface area contributed by atoms with Crippen LogP contribution >= 0.6 is 0 Å². The second-order valence-corrected chi connectivity index (χ2v) is 10.7. The Morgan fingerprint density at radius 2 is 1.95 bits per heavy atom. The molecule has 0 radical (unpaired) electrons. The van der Waals surface area contributed by atoms with Crippen LogP contribution < -0.4 is 16.0 Å². The maximum Gasteiger partial charge on any atom is 0.270 e. The second kappa shape index (κ2) is 10.2. The van der Waals surface area contributed by atoms with E-state index >= 15 is 0 Å². The number of carbonyl (C=O) groups is 3. The van der Waals surface area contributed by atoms with Crippen LogP contribution in [0.2, 0.25) is 0 Å². The first-order valence-corrected chi connectivity index (χ1v) is 13.4. The number of pyridine rings is 1. The lowest BCUT2D eigenvalue weighted by Crippen LogP contribution is -2.49. The van der Waals surface area contributed by atoms with Gasteiger partial charge in [0.2, 0.25) is 11.8 Å². The van der Waals surface area contributed by atoms with E-state index in [1.165, 1.54) is 0 Å². The Bertz CT molecular complexity index is 1190. The van der Waals surface area contributed by atoms with Gasteiger partial charge in [-0.2, -0.15) is 5.10 Å². The smallest absolute Gasteiger partial charge is 0.270 e. The van der Waals surface area contributed by atoms with E-state index in [9.17, 15) is 14.4 Å². The number of carbonyl (C=O) groups excluding carboxylic acids is 3. The highest BCUT2D eigenvalue weighted by Gasteiger charge is 2.48. The molecule has 2 fully saturated rings. The van der Waals surface area contributed by atoms with E-state index in [4.69, 9.17) is 4.74 Å². The van der Waals surface area contributed by atoms with Gasteiger partial charge < -0.3 is 20.7 Å². The summed E-state index contributed by atoms with van der Waals surface area (Å²) in [5.41, 5.74) is 2.12. The summed E-state index contributed by atoms with van der Waals surface area (Å²) in [7, 11) is 0. The average Bonchev–Trinajstić information content (AvgIpc) is 3.40. The summed E-state index contributed by atoms with van der Waals surface area (Å²) in [5, 5.41) is 13.3. The Hall–Kier alpha value is -3.27. The molecule has 0 bridgehead atoms. The highest BCUT2D eigenvalue weighted by molar-refractivity contribution is 6.07. The number of ether oxygens (including phenoxy) is 1. The molecule has 2 aromatic heterocycles. The number of hydrogen-bond donors (Lipinski definition) is 3. The van der Waals surface area contributed by atoms with Crippen molar-refractivity contribution in [1.82, 2.24) is 20.1 Å². The molecule has 3 amide bonds. The SMILES string of the molecule is CCn1nc(C)cc1C(=O)NC(C(=O)Nc1cc2c(cn1)C1(CCOCC1)C(=O)N2)C1CCC(C)CC1. The van der Waals surface area contributed by atoms with Gasteiger partial charge in [0, 0.05) is 37.6 Å². The van der Waals surface area contributed by atoms with Crippen LogP contribution in [0.15, 0.2) is 18.3 Å². The molecule has 2 aliphatic heterocycles. The van der Waals surface area contributed by atoms with Crippen molar-refractivity contribution in [2.45, 2.75) is 77.3 Å². The number of amides is 3. The van der Waals surface area contributed by atoms with Gasteiger partial charge in [-0.15, -0.1) is 0 Å². The molecule has 37 heavy (non-hydrogen) atoms. The maximum absolute atomic E-state index is 13.6. The van der Waals surface area contributed by atoms with E-state index < -0.39 is 11.5 Å². The summed E-state index contributed by atoms with van der Waals surface area (Å²) in [6.07, 6.45) is 6.68. The zero-order valence-electron chi connectivity index (χ0n) is 21.8. The quantitative estimate of drug-likeness (QED) is 0.550. The molecule has 1 spiro atoms. The average molecular weight is 509 g/mol. The minimum Gasteiger partial charge on any atom is -0.381 e. The number of nitrogens with zero attached hydrogens (tertiary/aromatic N) is 3. The van der Waals surface area contributed by atoms with Crippen molar-refractivity contribution in [2.24, 2.45) is 11.8 Å². The van der Waals surface area contributed by atoms with E-state index in [1.807, 2.05) is 13.8 Å². The molecule has 1 saturated heterocycles. The van der Waals surface area contributed by atoms with E-state index in [1.54, 1.807) is 23.0 Å². The fraction of sp³-hybridized carbons (Fsp3) is 0.593. The standard InChI is InChI=1S/C27H36N6O4/c1-4-33-21(13-17(3)32-33)24(34)31-23(18-7-5-16(2)6-8-18)25(35)30-22-14-20-19(15-28-22)27(26(36)29-20)9-11-37-12-10-27/h13-16,18,23H,4-12H2,1-3H3,(H,29,36)(H,31,34)(H,28,30,35). The molecular formula is C27H36N6O4. The minimum atomic E-state index is -0.702. The van der Waals surface area contributed by atoms with Crippen molar-refractivity contribution in [3.63, 3.8) is 0 Å². The van der Waals surface area contributed by atoms with Crippen molar-refractivity contribution in [2.75, 3.05) is 23.8 Å². The molecule has 1 saturated carbocycles. The van der Waals surface area contributed by atoms with Gasteiger partial charge in [0.15, 0.2) is 0 Å². The topological polar surface area (TPSA) is 127 Å². The highest BCUT2D eigenvalue weighted by atomic mass is 16.5. The van der Waals surface area contributed by atoms with Gasteiger partial charge in [0.25, 0.3) is 5.91 Å². The minimum absolute atomic E-state index is 0.0267. The van der Waals surface area contributed by atoms with E-state index in [2.05, 4.69) is 33.0 Å². The van der Waals surface area contributed by atoms with E-state index in [0.717, 1.165) is 36.9 Å². The third kappa shape index (κ3) is 4.86. The van der Waals surface area contributed by atoms with Crippen LogP contribution in [0, 0.1) is 18.8 Å². The van der Waals surface area contributed by atoms with Crippen LogP contribution in [0.3, 0.4) is 0 Å². The molecule has 1 atom stereocenters. The van der Waals surface area contributed by atoms with Gasteiger partial charge in [0.05, 0.1) is 16.8 Å². The lowest BCUT2D eigenvalue weighted by Gasteiger charge is -2.32. The normalized spacial score (nSPS) is 23.3. The number of aryl methyl sites for hydroxylation is 2. The lowest BCUT2D eigenvalue weighted by molar-refractivity contribution is -0.124. The first-order valence-electron chi connectivity index (χ1n) is 13.4. The van der Waals surface area contributed by atoms with Crippen LogP contribution in [0.5, 0.6) is 0 Å². The highest BCUT2D eigenvalue weighted by Crippen LogP contribution is 2.44. The molecule has 2 aromatic rings. The number of nitrogens with one attached hydrogen (secondary N) is 3. The predicted molar refractivity (Wildman–Crippen MR) is 138 cm³/mol. The van der Waals surface area contributed by atoms with Crippen LogP contribution in [0.4, 0.5) is 11.5 Å². The van der Waals surface area contributed by atoms with Gasteiger partial charge in [0.1, 0.15) is 17.6 Å². The molecule has 10 nitrogen and oxygen atoms in total. The largest absolute Gasteiger partial charge is 0.381 e. The van der Waals surface area contributed by atoms with Gasteiger partial charge in [-0.05, 0) is 57.4 Å². The number of fused-ring (bicyclic) bond motifs is 2. The number of aromatic nitrogens is 3. The van der Waals surface area contributed by atoms with Gasteiger partial charge in [-0.25, -0.2) is 4.98 Å². The number of anilines is 2. The summed E-state index contributed by atoms with van der Waals surface area (Å²) >= 11 is 0. The number of rotatable bonds is 6. The summed E-state index contributed by atoms with van der Waals surface area (Å²) in [4.78, 5) is 44.2. The molecule has 0 aromatic carbocycles. The second-order valence-electron chi connectivity index (χ2n) is 10.7. The molecular weight excluding hydrogens is 472 g/mol. The molecule has 3 aliphatic rings. The van der Waals surface area contributed by atoms with Crippen molar-refractivity contribution in [3.8, 4) is 0 Å². The Labute approximate surface area is 216 Å². The van der Waals surface area contributed by atoms with Crippen LogP contribution in [-0.4, -0.2) is 51.7 Å². The fourth-order valence-electron chi connectivity index (χ4n) is 5.99. The van der Waals surface area contributed by atoms with Crippen LogP contribution in [0.1, 0.15) is 74.1 Å². The third-order valence-electron chi connectivity index (χ3n) is 8.24. The summed E-state index contributed by atoms with van der Waals surface area (Å²) < 4.78 is 7.12. The van der Waals surface area contributed by atoms with Gasteiger partial charge >= 0.3 is 0 Å². The molecule has 1 aliphatic carbocycles. The van der Waals surface area contributed by atoms with Crippen LogP contribution in [0.25, 0.3) is 0 Å². The molecule has 1 unspecified atom stereocenters. The molecule has 3 N–H and O–H groups in total. The van der Waals surface area contributed by atoms with E-state index in [0.29, 0.717) is 55.7 Å². The summed E-state index contributed by atoms with van der Waals surface area (Å²) in [6.45, 7) is 7.62. The first-order chi connectivity index (χ1) is 17.8. The zero-order chi connectivity index (χ0) is 26.2. The molecule has 198 valence electrons. The maximum atomic E-state index is 13.6. The summed E-state index contributed by atoms with van der Waals surface area (Å²) in [5.74, 6) is 0.339. The van der Waals surface area contributed by atoms with Crippen LogP contribution in [-0.2, 0) is 26.3 Å². The van der Waals surface area contributed by atoms with Crippen molar-refractivity contribution < 1.29 is 19.1 Å². The Balaban J connectivity index is 1.36. The fourth-order valence-corrected chi connectivity index (χ4v) is 5.99. The Morgan fingerprint density at radius 1 is 1.22 bits per heavy atom. The molecule has 5 rings (SSSR count). The van der Waals surface area contributed by atoms with Crippen molar-refractivity contribution >= 4 is 29.2 Å². The molecule has 4 heterocycles. The van der Waals surface area contributed by atoms with Crippen molar-refractivity contribution in [3.05, 3.63) is 35.3 Å². The Kier molecular flexibility index (Phi) is 7.02. The van der Waals surface area contributed by atoms with Gasteiger partial charge in [-0.1, -0.05) is 19.8 Å². The number of hydrogen-bond acceptors (Lipinski definition) is 6. The lowest BCUT2D eigenvalue weighted by atomic mass is 9.76. The van der Waals surface area contributed by atoms with E-state index in [-0.39, 0.29) is 23.6 Å². The summed E-state index contributed by atoms with van der Waals surface area (Å²) in [6, 6.07) is 2.76. The van der Waals surface area contributed by atoms with Gasteiger partial charge in [-0.3, -0.25) is 19.1 Å². The predicted octanol–water partition coefficient (Wildman–Crippen LogP) is 3.17. The molecule has 10 heteroatoms. The Morgan fingerprint density at radius 3 is 2.65 bits per heavy atom.